The summed E-state index contributed by atoms with van der Waals surface area (Å²) in [6.45, 7) is 5.04. The standard InChI is InChI=1S/C9H19N3O2S2/c1-7-4-12(5-8(2)11(7)3)16(13,14)6-9(10)15/h7-8H,4-6H2,1-3H3,(H2,10,15). The zero-order valence-corrected chi connectivity index (χ0v) is 11.5. The summed E-state index contributed by atoms with van der Waals surface area (Å²) in [6.07, 6.45) is 0. The fourth-order valence-electron chi connectivity index (χ4n) is 1.85. The second-order valence-corrected chi connectivity index (χ2v) is 6.90. The van der Waals surface area contributed by atoms with Crippen LogP contribution in [0, 0.1) is 0 Å². The van der Waals surface area contributed by atoms with E-state index < -0.39 is 10.0 Å². The number of hydrogen-bond acceptors (Lipinski definition) is 4. The maximum Gasteiger partial charge on any atom is 0.220 e. The molecule has 0 aromatic rings. The third-order valence-corrected chi connectivity index (χ3v) is 5.13. The Bertz CT molecular complexity index is 357. The summed E-state index contributed by atoms with van der Waals surface area (Å²) in [6, 6.07) is 0.426. The Hall–Kier alpha value is -0.240. The molecule has 0 aromatic carbocycles. The van der Waals surface area contributed by atoms with E-state index in [-0.39, 0.29) is 22.8 Å². The first-order chi connectivity index (χ1) is 7.24. The first-order valence-corrected chi connectivity index (χ1v) is 7.24. The van der Waals surface area contributed by atoms with E-state index in [2.05, 4.69) is 17.1 Å². The highest BCUT2D eigenvalue weighted by Gasteiger charge is 2.33. The minimum atomic E-state index is -3.33. The molecule has 1 aliphatic rings. The van der Waals surface area contributed by atoms with Gasteiger partial charge in [-0.25, -0.2) is 8.42 Å². The Morgan fingerprint density at radius 3 is 2.19 bits per heavy atom. The third-order valence-electron chi connectivity index (χ3n) is 3.04. The number of rotatable bonds is 3. The van der Waals surface area contributed by atoms with Crippen LogP contribution in [-0.4, -0.2) is 60.6 Å². The quantitative estimate of drug-likeness (QED) is 0.705. The lowest BCUT2D eigenvalue weighted by molar-refractivity contribution is 0.105. The van der Waals surface area contributed by atoms with Crippen LogP contribution in [0.25, 0.3) is 0 Å². The van der Waals surface area contributed by atoms with E-state index >= 15 is 0 Å². The van der Waals surface area contributed by atoms with Crippen LogP contribution in [0.1, 0.15) is 13.8 Å². The van der Waals surface area contributed by atoms with Gasteiger partial charge in [-0.15, -0.1) is 0 Å². The van der Waals surface area contributed by atoms with Gasteiger partial charge in [0, 0.05) is 25.2 Å². The first-order valence-electron chi connectivity index (χ1n) is 5.22. The van der Waals surface area contributed by atoms with Gasteiger partial charge in [-0.05, 0) is 20.9 Å². The maximum atomic E-state index is 11.9. The van der Waals surface area contributed by atoms with Crippen molar-refractivity contribution in [3.63, 3.8) is 0 Å². The van der Waals surface area contributed by atoms with Gasteiger partial charge in [-0.1, -0.05) is 12.2 Å². The van der Waals surface area contributed by atoms with Gasteiger partial charge in [0.25, 0.3) is 0 Å². The zero-order valence-electron chi connectivity index (χ0n) is 9.88. The predicted molar refractivity (Wildman–Crippen MR) is 68.8 cm³/mol. The van der Waals surface area contributed by atoms with Crippen molar-refractivity contribution in [2.45, 2.75) is 25.9 Å². The number of piperazine rings is 1. The van der Waals surface area contributed by atoms with Crippen LogP contribution in [0.15, 0.2) is 0 Å². The molecule has 2 atom stereocenters. The molecule has 1 heterocycles. The molecule has 7 heteroatoms. The van der Waals surface area contributed by atoms with Crippen molar-refractivity contribution in [2.24, 2.45) is 5.73 Å². The second kappa shape index (κ2) is 4.95. The van der Waals surface area contributed by atoms with Crippen LogP contribution in [-0.2, 0) is 10.0 Å². The molecule has 16 heavy (non-hydrogen) atoms. The SMILES string of the molecule is CC1CN(S(=O)(=O)CC(N)=S)CC(C)N1C. The topological polar surface area (TPSA) is 66.6 Å². The number of nitrogens with two attached hydrogens (primary N) is 1. The van der Waals surface area contributed by atoms with E-state index in [0.717, 1.165) is 0 Å². The molecule has 5 nitrogen and oxygen atoms in total. The van der Waals surface area contributed by atoms with Crippen molar-refractivity contribution in [3.05, 3.63) is 0 Å². The van der Waals surface area contributed by atoms with Crippen LogP contribution in [0.3, 0.4) is 0 Å². The van der Waals surface area contributed by atoms with Crippen molar-refractivity contribution in [1.82, 2.24) is 9.21 Å². The minimum absolute atomic E-state index is 0.0271. The molecule has 2 N–H and O–H groups in total. The molecule has 94 valence electrons. The highest BCUT2D eigenvalue weighted by Crippen LogP contribution is 2.16. The second-order valence-electron chi connectivity index (χ2n) is 4.40. The van der Waals surface area contributed by atoms with E-state index in [1.165, 1.54) is 4.31 Å². The third kappa shape index (κ3) is 3.13. The molecule has 1 aliphatic heterocycles. The summed E-state index contributed by atoms with van der Waals surface area (Å²) >= 11 is 4.66. The monoisotopic (exact) mass is 265 g/mol. The first kappa shape index (κ1) is 13.8. The van der Waals surface area contributed by atoms with Gasteiger partial charge in [0.05, 0.1) is 4.99 Å². The van der Waals surface area contributed by atoms with Crippen LogP contribution in [0.2, 0.25) is 0 Å². The molecule has 0 aromatic heterocycles. The van der Waals surface area contributed by atoms with Crippen LogP contribution >= 0.6 is 12.2 Å². The fraction of sp³-hybridized carbons (Fsp3) is 0.889. The van der Waals surface area contributed by atoms with Crippen LogP contribution in [0.4, 0.5) is 0 Å². The largest absolute Gasteiger partial charge is 0.392 e. The Labute approximate surface area is 103 Å². The van der Waals surface area contributed by atoms with E-state index in [4.69, 9.17) is 5.73 Å². The molecular weight excluding hydrogens is 246 g/mol. The molecule has 0 spiro atoms. The smallest absolute Gasteiger partial charge is 0.220 e. The number of nitrogens with zero attached hydrogens (tertiary/aromatic N) is 2. The summed E-state index contributed by atoms with van der Waals surface area (Å²) in [5.74, 6) is -0.231. The molecule has 1 saturated heterocycles. The fourth-order valence-corrected chi connectivity index (χ4v) is 3.73. The van der Waals surface area contributed by atoms with Gasteiger partial charge in [-0.2, -0.15) is 4.31 Å². The number of hydrogen-bond donors (Lipinski definition) is 1. The summed E-state index contributed by atoms with van der Waals surface area (Å²) in [4.78, 5) is 2.20. The lowest BCUT2D eigenvalue weighted by Crippen LogP contribution is -2.57. The van der Waals surface area contributed by atoms with Crippen molar-refractivity contribution in [1.29, 1.82) is 0 Å². The molecule has 1 fully saturated rings. The molecule has 0 radical (unpaired) electrons. The zero-order chi connectivity index (χ0) is 12.5. The molecule has 0 aliphatic carbocycles. The van der Waals surface area contributed by atoms with Gasteiger partial charge < -0.3 is 5.73 Å². The van der Waals surface area contributed by atoms with Gasteiger partial charge in [0.2, 0.25) is 10.0 Å². The van der Waals surface area contributed by atoms with Crippen LogP contribution < -0.4 is 5.73 Å². The average molecular weight is 265 g/mol. The average Bonchev–Trinajstić information content (AvgIpc) is 2.11. The Morgan fingerprint density at radius 1 is 1.38 bits per heavy atom. The van der Waals surface area contributed by atoms with Gasteiger partial charge in [-0.3, -0.25) is 4.90 Å². The number of sulfonamides is 1. The molecule has 0 bridgehead atoms. The van der Waals surface area contributed by atoms with Gasteiger partial charge >= 0.3 is 0 Å². The van der Waals surface area contributed by atoms with E-state index in [9.17, 15) is 8.42 Å². The Balaban J connectivity index is 2.79. The van der Waals surface area contributed by atoms with Crippen LogP contribution in [0.5, 0.6) is 0 Å². The highest BCUT2D eigenvalue weighted by atomic mass is 32.2. The predicted octanol–water partition coefficient (Wildman–Crippen LogP) is -0.373. The lowest BCUT2D eigenvalue weighted by atomic mass is 10.1. The van der Waals surface area contributed by atoms with Crippen molar-refractivity contribution >= 4 is 27.2 Å². The molecule has 0 saturated carbocycles. The Kier molecular flexibility index (Phi) is 4.28. The summed E-state index contributed by atoms with van der Waals surface area (Å²) < 4.78 is 25.4. The van der Waals surface area contributed by atoms with Gasteiger partial charge in [0.1, 0.15) is 5.75 Å². The molecule has 2 unspecified atom stereocenters. The van der Waals surface area contributed by atoms with E-state index in [1.54, 1.807) is 0 Å². The minimum Gasteiger partial charge on any atom is -0.392 e. The summed E-state index contributed by atoms with van der Waals surface area (Å²) in [5.41, 5.74) is 5.30. The number of likely N-dealkylation sites (N-methyl/N-ethyl adjacent to an activating group) is 1. The summed E-state index contributed by atoms with van der Waals surface area (Å²) in [5, 5.41) is 0. The summed E-state index contributed by atoms with van der Waals surface area (Å²) in [7, 11) is -1.32. The normalized spacial score (nSPS) is 29.2. The van der Waals surface area contributed by atoms with E-state index in [1.807, 2.05) is 20.9 Å². The highest BCUT2D eigenvalue weighted by molar-refractivity contribution is 7.92. The van der Waals surface area contributed by atoms with E-state index in [0.29, 0.717) is 13.1 Å². The lowest BCUT2D eigenvalue weighted by Gasteiger charge is -2.41. The molecule has 0 amide bonds. The maximum absolute atomic E-state index is 11.9. The van der Waals surface area contributed by atoms with Gasteiger partial charge in [0.15, 0.2) is 0 Å². The Morgan fingerprint density at radius 2 is 1.81 bits per heavy atom. The molecule has 1 rings (SSSR count). The van der Waals surface area contributed by atoms with Crippen molar-refractivity contribution in [2.75, 3.05) is 25.9 Å². The van der Waals surface area contributed by atoms with Crippen molar-refractivity contribution < 1.29 is 8.42 Å². The van der Waals surface area contributed by atoms with Crippen molar-refractivity contribution in [3.8, 4) is 0 Å². The molecular formula is C9H19N3O2S2. The number of thiocarbonyl (C=S) groups is 1.